The van der Waals surface area contributed by atoms with E-state index in [1.807, 2.05) is 38.1 Å². The van der Waals surface area contributed by atoms with E-state index in [2.05, 4.69) is 20.6 Å². The van der Waals surface area contributed by atoms with Crippen LogP contribution in [0.15, 0.2) is 60.9 Å². The number of carbonyl (C=O) groups is 1. The Morgan fingerprint density at radius 2 is 1.71 bits per heavy atom. The number of aromatic nitrogens is 2. The van der Waals surface area contributed by atoms with E-state index in [1.54, 1.807) is 30.3 Å². The molecular formula is C21H22N4O3. The van der Waals surface area contributed by atoms with Crippen LogP contribution in [-0.4, -0.2) is 29.1 Å². The average molecular weight is 378 g/mol. The third-order valence-corrected chi connectivity index (χ3v) is 3.77. The normalized spacial score (nSPS) is 10.2. The van der Waals surface area contributed by atoms with Gasteiger partial charge in [0.2, 0.25) is 0 Å². The van der Waals surface area contributed by atoms with E-state index in [-0.39, 0.29) is 11.6 Å². The summed E-state index contributed by atoms with van der Waals surface area (Å²) in [5.41, 5.74) is 1.67. The van der Waals surface area contributed by atoms with Crippen molar-refractivity contribution in [2.24, 2.45) is 0 Å². The van der Waals surface area contributed by atoms with Crippen LogP contribution < -0.4 is 20.1 Å². The Hall–Kier alpha value is -3.61. The fourth-order valence-electron chi connectivity index (χ4n) is 2.54. The Morgan fingerprint density at radius 1 is 0.964 bits per heavy atom. The minimum absolute atomic E-state index is 0.250. The Kier molecular flexibility index (Phi) is 6.41. The second-order valence-corrected chi connectivity index (χ2v) is 5.75. The summed E-state index contributed by atoms with van der Waals surface area (Å²) >= 11 is 0. The third-order valence-electron chi connectivity index (χ3n) is 3.77. The van der Waals surface area contributed by atoms with Crippen molar-refractivity contribution < 1.29 is 14.3 Å². The second-order valence-electron chi connectivity index (χ2n) is 5.75. The smallest absolute Gasteiger partial charge is 0.274 e. The molecule has 0 unspecified atom stereocenters. The van der Waals surface area contributed by atoms with E-state index < -0.39 is 0 Å². The van der Waals surface area contributed by atoms with Gasteiger partial charge in [0, 0.05) is 11.8 Å². The van der Waals surface area contributed by atoms with Gasteiger partial charge in [-0.25, -0.2) is 9.97 Å². The molecule has 2 aromatic carbocycles. The van der Waals surface area contributed by atoms with Gasteiger partial charge in [0.05, 0.1) is 18.9 Å². The highest BCUT2D eigenvalue weighted by Crippen LogP contribution is 2.26. The lowest BCUT2D eigenvalue weighted by molar-refractivity contribution is 0.102. The fraction of sp³-hybridized carbons (Fsp3) is 0.190. The van der Waals surface area contributed by atoms with Crippen LogP contribution in [0.1, 0.15) is 24.3 Å². The molecule has 7 heteroatoms. The van der Waals surface area contributed by atoms with Gasteiger partial charge in [-0.1, -0.05) is 12.1 Å². The van der Waals surface area contributed by atoms with Gasteiger partial charge in [0.15, 0.2) is 0 Å². The van der Waals surface area contributed by atoms with Crippen molar-refractivity contribution in [3.8, 4) is 11.5 Å². The number of para-hydroxylation sites is 2. The Bertz CT molecular complexity index is 929. The summed E-state index contributed by atoms with van der Waals surface area (Å²) < 4.78 is 11.0. The van der Waals surface area contributed by atoms with Crippen molar-refractivity contribution in [1.29, 1.82) is 0 Å². The summed E-state index contributed by atoms with van der Waals surface area (Å²) in [6, 6.07) is 16.3. The lowest BCUT2D eigenvalue weighted by atomic mass is 10.2. The summed E-state index contributed by atoms with van der Waals surface area (Å²) in [6.45, 7) is 4.99. The van der Waals surface area contributed by atoms with Crippen LogP contribution in [-0.2, 0) is 0 Å². The van der Waals surface area contributed by atoms with Crippen LogP contribution in [0, 0.1) is 0 Å². The average Bonchev–Trinajstić information content (AvgIpc) is 2.71. The SMILES string of the molecule is CCOc1ccc(NC(=O)c2cc(Nc3ccccc3OCC)ncn2)cc1. The van der Waals surface area contributed by atoms with E-state index in [0.717, 1.165) is 11.4 Å². The first-order chi connectivity index (χ1) is 13.7. The van der Waals surface area contributed by atoms with Gasteiger partial charge in [0.25, 0.3) is 5.91 Å². The van der Waals surface area contributed by atoms with Crippen LogP contribution in [0.3, 0.4) is 0 Å². The maximum Gasteiger partial charge on any atom is 0.274 e. The molecule has 0 saturated heterocycles. The molecule has 0 aliphatic carbocycles. The van der Waals surface area contributed by atoms with E-state index in [0.29, 0.717) is 30.5 Å². The third kappa shape index (κ3) is 4.97. The Labute approximate surface area is 163 Å². The number of carbonyl (C=O) groups excluding carboxylic acids is 1. The number of hydrogen-bond donors (Lipinski definition) is 2. The van der Waals surface area contributed by atoms with Gasteiger partial charge >= 0.3 is 0 Å². The summed E-state index contributed by atoms with van der Waals surface area (Å²) in [6.07, 6.45) is 1.35. The highest BCUT2D eigenvalue weighted by Gasteiger charge is 2.11. The zero-order chi connectivity index (χ0) is 19.8. The topological polar surface area (TPSA) is 85.4 Å². The molecule has 1 amide bonds. The monoisotopic (exact) mass is 378 g/mol. The molecule has 0 aliphatic heterocycles. The number of ether oxygens (including phenoxy) is 2. The summed E-state index contributed by atoms with van der Waals surface area (Å²) in [5.74, 6) is 1.64. The molecule has 3 rings (SSSR count). The fourth-order valence-corrected chi connectivity index (χ4v) is 2.54. The van der Waals surface area contributed by atoms with Crippen molar-refractivity contribution in [2.45, 2.75) is 13.8 Å². The van der Waals surface area contributed by atoms with Crippen molar-refractivity contribution in [3.63, 3.8) is 0 Å². The first-order valence-corrected chi connectivity index (χ1v) is 9.04. The summed E-state index contributed by atoms with van der Waals surface area (Å²) in [5, 5.41) is 5.98. The first-order valence-electron chi connectivity index (χ1n) is 9.04. The number of hydrogen-bond acceptors (Lipinski definition) is 6. The molecule has 1 aromatic heterocycles. The quantitative estimate of drug-likeness (QED) is 0.609. The van der Waals surface area contributed by atoms with Gasteiger partial charge in [-0.2, -0.15) is 0 Å². The highest BCUT2D eigenvalue weighted by atomic mass is 16.5. The number of amides is 1. The van der Waals surface area contributed by atoms with Crippen LogP contribution in [0.25, 0.3) is 0 Å². The molecule has 7 nitrogen and oxygen atoms in total. The molecule has 0 atom stereocenters. The van der Waals surface area contributed by atoms with Crippen molar-refractivity contribution in [2.75, 3.05) is 23.8 Å². The zero-order valence-corrected chi connectivity index (χ0v) is 15.8. The Morgan fingerprint density at radius 3 is 2.46 bits per heavy atom. The van der Waals surface area contributed by atoms with Crippen LogP contribution in [0.5, 0.6) is 11.5 Å². The van der Waals surface area contributed by atoms with Gasteiger partial charge in [-0.15, -0.1) is 0 Å². The molecule has 0 spiro atoms. The molecule has 0 bridgehead atoms. The molecule has 3 aromatic rings. The lowest BCUT2D eigenvalue weighted by Crippen LogP contribution is -2.14. The first kappa shape index (κ1) is 19.2. The van der Waals surface area contributed by atoms with E-state index in [4.69, 9.17) is 9.47 Å². The molecule has 2 N–H and O–H groups in total. The highest BCUT2D eigenvalue weighted by molar-refractivity contribution is 6.03. The van der Waals surface area contributed by atoms with Crippen LogP contribution in [0.2, 0.25) is 0 Å². The summed E-state index contributed by atoms with van der Waals surface area (Å²) in [4.78, 5) is 20.8. The van der Waals surface area contributed by atoms with Gasteiger partial charge in [0.1, 0.15) is 29.3 Å². The Balaban J connectivity index is 1.71. The van der Waals surface area contributed by atoms with Gasteiger partial charge in [-0.05, 0) is 50.2 Å². The minimum Gasteiger partial charge on any atom is -0.494 e. The van der Waals surface area contributed by atoms with E-state index in [9.17, 15) is 4.79 Å². The molecule has 0 radical (unpaired) electrons. The molecule has 0 saturated carbocycles. The largest absolute Gasteiger partial charge is 0.494 e. The molecule has 28 heavy (non-hydrogen) atoms. The predicted molar refractivity (Wildman–Crippen MR) is 108 cm³/mol. The van der Waals surface area contributed by atoms with Crippen LogP contribution >= 0.6 is 0 Å². The molecule has 144 valence electrons. The lowest BCUT2D eigenvalue weighted by Gasteiger charge is -2.12. The van der Waals surface area contributed by atoms with Crippen molar-refractivity contribution in [1.82, 2.24) is 9.97 Å². The molecule has 1 heterocycles. The number of benzene rings is 2. The van der Waals surface area contributed by atoms with Crippen molar-refractivity contribution in [3.05, 3.63) is 66.6 Å². The number of nitrogens with one attached hydrogen (secondary N) is 2. The zero-order valence-electron chi connectivity index (χ0n) is 15.8. The standard InChI is InChI=1S/C21H22N4O3/c1-3-27-16-11-9-15(10-12-16)24-21(26)18-13-20(23-14-22-18)25-17-7-5-6-8-19(17)28-4-2/h5-14H,3-4H2,1-2H3,(H,24,26)(H,22,23,25). The van der Waals surface area contributed by atoms with Crippen LogP contribution in [0.4, 0.5) is 17.2 Å². The number of anilines is 3. The maximum absolute atomic E-state index is 12.5. The minimum atomic E-state index is -0.326. The maximum atomic E-state index is 12.5. The molecular weight excluding hydrogens is 356 g/mol. The number of nitrogens with zero attached hydrogens (tertiary/aromatic N) is 2. The van der Waals surface area contributed by atoms with E-state index in [1.165, 1.54) is 6.33 Å². The van der Waals surface area contributed by atoms with Gasteiger partial charge < -0.3 is 20.1 Å². The molecule has 0 aliphatic rings. The predicted octanol–water partition coefficient (Wildman–Crippen LogP) is 4.27. The number of rotatable bonds is 8. The second kappa shape index (κ2) is 9.36. The van der Waals surface area contributed by atoms with Gasteiger partial charge in [-0.3, -0.25) is 4.79 Å². The summed E-state index contributed by atoms with van der Waals surface area (Å²) in [7, 11) is 0. The van der Waals surface area contributed by atoms with E-state index >= 15 is 0 Å². The molecule has 0 fully saturated rings. The van der Waals surface area contributed by atoms with Crippen molar-refractivity contribution >= 4 is 23.1 Å².